The second-order valence-corrected chi connectivity index (χ2v) is 8.36. The van der Waals surface area contributed by atoms with E-state index in [2.05, 4.69) is 34.5 Å². The van der Waals surface area contributed by atoms with Crippen LogP contribution in [0.5, 0.6) is 0 Å². The van der Waals surface area contributed by atoms with E-state index in [1.807, 2.05) is 36.4 Å². The number of rotatable bonds is 5. The molecule has 0 fully saturated rings. The van der Waals surface area contributed by atoms with E-state index in [9.17, 15) is 8.42 Å². The van der Waals surface area contributed by atoms with E-state index in [4.69, 9.17) is 12.2 Å². The average Bonchev–Trinajstić information content (AvgIpc) is 2.94. The van der Waals surface area contributed by atoms with Crippen LogP contribution in [0.1, 0.15) is 11.1 Å². The normalized spacial score (nSPS) is 18.0. The first kappa shape index (κ1) is 17.6. The smallest absolute Gasteiger partial charge is 0.173 e. The zero-order chi connectivity index (χ0) is 17.7. The molecule has 130 valence electrons. The van der Waals surface area contributed by atoms with Gasteiger partial charge in [-0.3, -0.25) is 0 Å². The largest absolute Gasteiger partial charge is 0.355 e. The first-order chi connectivity index (χ1) is 12.0. The molecule has 1 aliphatic rings. The van der Waals surface area contributed by atoms with E-state index in [0.717, 1.165) is 11.1 Å². The number of benzene rings is 2. The lowest BCUT2D eigenvalue weighted by Crippen LogP contribution is -2.44. The fourth-order valence-corrected chi connectivity index (χ4v) is 4.24. The first-order valence-corrected chi connectivity index (χ1v) is 10.2. The molecule has 0 amide bonds. The van der Waals surface area contributed by atoms with Crippen LogP contribution < -0.4 is 5.32 Å². The van der Waals surface area contributed by atoms with Crippen molar-refractivity contribution in [2.45, 2.75) is 19.1 Å². The Morgan fingerprint density at radius 3 is 1.96 bits per heavy atom. The molecule has 6 heteroatoms. The number of sulfone groups is 1. The van der Waals surface area contributed by atoms with Gasteiger partial charge in [-0.2, -0.15) is 0 Å². The van der Waals surface area contributed by atoms with Gasteiger partial charge in [0.05, 0.1) is 11.8 Å². The predicted molar refractivity (Wildman–Crippen MR) is 105 cm³/mol. The summed E-state index contributed by atoms with van der Waals surface area (Å²) in [6.07, 6.45) is 1.66. The van der Waals surface area contributed by atoms with Crippen LogP contribution in [0.4, 0.5) is 0 Å². The Kier molecular flexibility index (Phi) is 5.50. The van der Waals surface area contributed by atoms with Crippen molar-refractivity contribution in [3.63, 3.8) is 0 Å². The van der Waals surface area contributed by atoms with Crippen molar-refractivity contribution in [2.24, 2.45) is 0 Å². The van der Waals surface area contributed by atoms with Crippen LogP contribution >= 0.6 is 12.2 Å². The summed E-state index contributed by atoms with van der Waals surface area (Å²) in [6, 6.07) is 19.9. The Balaban J connectivity index is 1.73. The molecule has 25 heavy (non-hydrogen) atoms. The quantitative estimate of drug-likeness (QED) is 0.818. The minimum absolute atomic E-state index is 0.0532. The van der Waals surface area contributed by atoms with Crippen LogP contribution in [-0.2, 0) is 22.9 Å². The van der Waals surface area contributed by atoms with E-state index in [0.29, 0.717) is 18.2 Å². The molecule has 1 unspecified atom stereocenters. The molecule has 0 spiro atoms. The lowest BCUT2D eigenvalue weighted by Gasteiger charge is -2.27. The van der Waals surface area contributed by atoms with Gasteiger partial charge in [-0.25, -0.2) is 8.42 Å². The van der Waals surface area contributed by atoms with Crippen molar-refractivity contribution in [1.29, 1.82) is 0 Å². The lowest BCUT2D eigenvalue weighted by atomic mass is 10.2. The van der Waals surface area contributed by atoms with Crippen LogP contribution in [0.2, 0.25) is 0 Å². The summed E-state index contributed by atoms with van der Waals surface area (Å²) >= 11 is 5.57. The van der Waals surface area contributed by atoms with Gasteiger partial charge in [-0.05, 0) is 29.4 Å². The van der Waals surface area contributed by atoms with Crippen molar-refractivity contribution in [1.82, 2.24) is 10.2 Å². The van der Waals surface area contributed by atoms with Crippen LogP contribution in [0.25, 0.3) is 0 Å². The lowest BCUT2D eigenvalue weighted by molar-refractivity contribution is 0.397. The number of thiocarbonyl (C=S) groups is 1. The summed E-state index contributed by atoms with van der Waals surface area (Å²) in [5.74, 6) is 0.0532. The topological polar surface area (TPSA) is 49.4 Å². The molecule has 0 bridgehead atoms. The Bertz CT molecular complexity index is 808. The molecular formula is C19H20N2O2S2. The standard InChI is InChI=1S/C19H20N2O2S2/c22-25(23)12-11-18(15-25)20-19(24)21(13-16-7-3-1-4-8-16)14-17-9-5-2-6-10-17/h1-12,18H,13-15H2,(H,20,24). The third kappa shape index (κ3) is 5.14. The summed E-state index contributed by atoms with van der Waals surface area (Å²) in [5, 5.41) is 4.98. The van der Waals surface area contributed by atoms with Gasteiger partial charge < -0.3 is 10.2 Å². The maximum absolute atomic E-state index is 11.6. The van der Waals surface area contributed by atoms with E-state index >= 15 is 0 Å². The summed E-state index contributed by atoms with van der Waals surface area (Å²) < 4.78 is 23.2. The zero-order valence-electron chi connectivity index (χ0n) is 13.7. The number of hydrogen-bond acceptors (Lipinski definition) is 3. The molecule has 0 aromatic heterocycles. The minimum atomic E-state index is -3.11. The van der Waals surface area contributed by atoms with E-state index in [1.165, 1.54) is 5.41 Å². The van der Waals surface area contributed by atoms with Gasteiger partial charge in [0.25, 0.3) is 0 Å². The number of nitrogens with one attached hydrogen (secondary N) is 1. The molecule has 0 saturated carbocycles. The highest BCUT2D eigenvalue weighted by atomic mass is 32.2. The molecule has 2 aromatic rings. The summed E-state index contributed by atoms with van der Waals surface area (Å²) in [4.78, 5) is 2.05. The Hall–Kier alpha value is -2.18. The molecule has 4 nitrogen and oxygen atoms in total. The maximum Gasteiger partial charge on any atom is 0.173 e. The Morgan fingerprint density at radius 1 is 1.00 bits per heavy atom. The van der Waals surface area contributed by atoms with Crippen molar-refractivity contribution in [2.75, 3.05) is 5.75 Å². The molecule has 1 atom stereocenters. The Morgan fingerprint density at radius 2 is 1.52 bits per heavy atom. The molecule has 3 rings (SSSR count). The molecule has 0 radical (unpaired) electrons. The van der Waals surface area contributed by atoms with Crippen LogP contribution in [0.3, 0.4) is 0 Å². The average molecular weight is 373 g/mol. The highest BCUT2D eigenvalue weighted by molar-refractivity contribution is 7.94. The molecule has 2 aromatic carbocycles. The minimum Gasteiger partial charge on any atom is -0.355 e. The second-order valence-electron chi connectivity index (χ2n) is 6.04. The Labute approximate surface area is 154 Å². The molecule has 1 aliphatic heterocycles. The third-order valence-corrected chi connectivity index (χ3v) is 5.73. The fourth-order valence-electron chi connectivity index (χ4n) is 2.72. The number of hydrogen-bond donors (Lipinski definition) is 1. The maximum atomic E-state index is 11.6. The molecule has 1 N–H and O–H groups in total. The van der Waals surface area contributed by atoms with Gasteiger partial charge >= 0.3 is 0 Å². The predicted octanol–water partition coefficient (Wildman–Crippen LogP) is 2.87. The van der Waals surface area contributed by atoms with Gasteiger partial charge in [0.15, 0.2) is 14.9 Å². The third-order valence-electron chi connectivity index (χ3n) is 3.96. The first-order valence-electron chi connectivity index (χ1n) is 8.06. The van der Waals surface area contributed by atoms with Crippen molar-refractivity contribution in [3.8, 4) is 0 Å². The van der Waals surface area contributed by atoms with Crippen LogP contribution in [0.15, 0.2) is 72.1 Å². The van der Waals surface area contributed by atoms with E-state index < -0.39 is 9.84 Å². The van der Waals surface area contributed by atoms with Crippen molar-refractivity contribution < 1.29 is 8.42 Å². The zero-order valence-corrected chi connectivity index (χ0v) is 15.3. The summed E-state index contributed by atoms with van der Waals surface area (Å²) in [5.41, 5.74) is 2.30. The van der Waals surface area contributed by atoms with Crippen LogP contribution in [-0.4, -0.2) is 30.2 Å². The molecule has 1 heterocycles. The van der Waals surface area contributed by atoms with Gasteiger partial charge in [0.1, 0.15) is 0 Å². The SMILES string of the molecule is O=S1(=O)C=CC(NC(=S)N(Cc2ccccc2)Cc2ccccc2)C1. The van der Waals surface area contributed by atoms with Crippen molar-refractivity contribution >= 4 is 27.2 Å². The summed E-state index contributed by atoms with van der Waals surface area (Å²) in [7, 11) is -3.11. The second kappa shape index (κ2) is 7.80. The van der Waals surface area contributed by atoms with Crippen LogP contribution in [0, 0.1) is 0 Å². The van der Waals surface area contributed by atoms with E-state index in [-0.39, 0.29) is 11.8 Å². The molecule has 0 aliphatic carbocycles. The molecular weight excluding hydrogens is 352 g/mol. The highest BCUT2D eigenvalue weighted by Crippen LogP contribution is 2.13. The van der Waals surface area contributed by atoms with Gasteiger partial charge in [0.2, 0.25) is 0 Å². The highest BCUT2D eigenvalue weighted by Gasteiger charge is 2.23. The number of nitrogens with zero attached hydrogens (tertiary/aromatic N) is 1. The van der Waals surface area contributed by atoms with Gasteiger partial charge in [0, 0.05) is 18.5 Å². The van der Waals surface area contributed by atoms with Gasteiger partial charge in [-0.15, -0.1) is 0 Å². The van der Waals surface area contributed by atoms with Gasteiger partial charge in [-0.1, -0.05) is 60.7 Å². The van der Waals surface area contributed by atoms with Crippen molar-refractivity contribution in [3.05, 3.63) is 83.3 Å². The summed E-state index contributed by atoms with van der Waals surface area (Å²) in [6.45, 7) is 1.31. The monoisotopic (exact) mass is 372 g/mol. The fraction of sp³-hybridized carbons (Fsp3) is 0.211. The van der Waals surface area contributed by atoms with E-state index in [1.54, 1.807) is 6.08 Å². The molecule has 0 saturated heterocycles.